The molecule has 5 heteroatoms. The number of hydrogen-bond acceptors (Lipinski definition) is 4. The Balaban J connectivity index is 1.70. The maximum atomic E-state index is 4.97. The molecule has 0 N–H and O–H groups in total. The van der Waals surface area contributed by atoms with E-state index in [2.05, 4.69) is 97.4 Å². The molecule has 30 heavy (non-hydrogen) atoms. The van der Waals surface area contributed by atoms with Crippen LogP contribution in [0, 0.1) is 13.8 Å². The van der Waals surface area contributed by atoms with Gasteiger partial charge in [0.1, 0.15) is 6.33 Å². The Kier molecular flexibility index (Phi) is 5.72. The van der Waals surface area contributed by atoms with Crippen molar-refractivity contribution < 1.29 is 0 Å². The van der Waals surface area contributed by atoms with Crippen LogP contribution in [-0.4, -0.2) is 31.7 Å². The highest BCUT2D eigenvalue weighted by molar-refractivity contribution is 5.64. The normalized spacial score (nSPS) is 12.3. The average Bonchev–Trinajstić information content (AvgIpc) is 3.18. The first-order chi connectivity index (χ1) is 14.5. The number of nitrogens with zero attached hydrogens (tertiary/aromatic N) is 5. The van der Waals surface area contributed by atoms with Crippen LogP contribution >= 0.6 is 0 Å². The fraction of sp³-hybridized carbons (Fsp3) is 0.240. The molecule has 0 spiro atoms. The number of benzene rings is 2. The largest absolute Gasteiger partial charge is 0.294 e. The quantitative estimate of drug-likeness (QED) is 0.452. The van der Waals surface area contributed by atoms with Gasteiger partial charge < -0.3 is 0 Å². The van der Waals surface area contributed by atoms with Crippen LogP contribution in [0.3, 0.4) is 0 Å². The summed E-state index contributed by atoms with van der Waals surface area (Å²) < 4.78 is 1.98. The Bertz CT molecular complexity index is 1120. The predicted molar refractivity (Wildman–Crippen MR) is 120 cm³/mol. The predicted octanol–water partition coefficient (Wildman–Crippen LogP) is 5.14. The molecule has 4 rings (SSSR count). The van der Waals surface area contributed by atoms with Gasteiger partial charge in [0, 0.05) is 36.1 Å². The third-order valence-corrected chi connectivity index (χ3v) is 5.49. The molecular formula is C25H27N5. The molecule has 2 heterocycles. The van der Waals surface area contributed by atoms with Crippen LogP contribution in [0.25, 0.3) is 16.9 Å². The number of hydrogen-bond donors (Lipinski definition) is 0. The first-order valence-corrected chi connectivity index (χ1v) is 10.2. The van der Waals surface area contributed by atoms with Gasteiger partial charge in [-0.3, -0.25) is 4.90 Å². The highest BCUT2D eigenvalue weighted by Crippen LogP contribution is 2.27. The summed E-state index contributed by atoms with van der Waals surface area (Å²) in [5.41, 5.74) is 7.88. The molecule has 0 aliphatic rings. The molecule has 0 amide bonds. The lowest BCUT2D eigenvalue weighted by molar-refractivity contribution is 0.248. The van der Waals surface area contributed by atoms with Gasteiger partial charge in [0.15, 0.2) is 0 Å². The molecule has 5 nitrogen and oxygen atoms in total. The molecule has 0 aliphatic heterocycles. The first-order valence-electron chi connectivity index (χ1n) is 10.2. The zero-order valence-corrected chi connectivity index (χ0v) is 17.9. The second kappa shape index (κ2) is 8.59. The zero-order valence-electron chi connectivity index (χ0n) is 17.9. The Morgan fingerprint density at radius 1 is 1.00 bits per heavy atom. The summed E-state index contributed by atoms with van der Waals surface area (Å²) in [6, 6.07) is 19.1. The zero-order chi connectivity index (χ0) is 21.1. The van der Waals surface area contributed by atoms with Gasteiger partial charge in [0.25, 0.3) is 0 Å². The molecule has 0 fully saturated rings. The highest BCUT2D eigenvalue weighted by Gasteiger charge is 2.18. The second-order valence-electron chi connectivity index (χ2n) is 7.88. The van der Waals surface area contributed by atoms with Crippen LogP contribution in [0.4, 0.5) is 0 Å². The van der Waals surface area contributed by atoms with Crippen LogP contribution < -0.4 is 0 Å². The summed E-state index contributed by atoms with van der Waals surface area (Å²) in [6.07, 6.45) is 5.54. The van der Waals surface area contributed by atoms with Crippen LogP contribution in [0.1, 0.15) is 35.3 Å². The minimum atomic E-state index is 0.168. The molecule has 0 saturated carbocycles. The smallest absolute Gasteiger partial charge is 0.115 e. The van der Waals surface area contributed by atoms with Gasteiger partial charge >= 0.3 is 0 Å². The molecule has 152 valence electrons. The van der Waals surface area contributed by atoms with E-state index in [1.165, 1.54) is 16.7 Å². The number of aryl methyl sites for hydroxylation is 2. The molecular weight excluding hydrogens is 370 g/mol. The van der Waals surface area contributed by atoms with Crippen molar-refractivity contribution in [2.24, 2.45) is 0 Å². The summed E-state index contributed by atoms with van der Waals surface area (Å²) in [5, 5.41) is 4.97. The highest BCUT2D eigenvalue weighted by atomic mass is 15.3. The van der Waals surface area contributed by atoms with Crippen molar-refractivity contribution >= 4 is 0 Å². The van der Waals surface area contributed by atoms with Crippen molar-refractivity contribution in [3.63, 3.8) is 0 Å². The number of rotatable bonds is 6. The third kappa shape index (κ3) is 4.31. The molecule has 0 radical (unpaired) electrons. The molecule has 4 aromatic rings. The van der Waals surface area contributed by atoms with E-state index in [0.29, 0.717) is 0 Å². The van der Waals surface area contributed by atoms with E-state index in [9.17, 15) is 0 Å². The average molecular weight is 398 g/mol. The molecule has 2 aromatic heterocycles. The van der Waals surface area contributed by atoms with Crippen molar-refractivity contribution in [1.82, 2.24) is 24.6 Å². The molecule has 0 saturated heterocycles. The van der Waals surface area contributed by atoms with Crippen LogP contribution in [0.2, 0.25) is 0 Å². The fourth-order valence-corrected chi connectivity index (χ4v) is 3.57. The van der Waals surface area contributed by atoms with E-state index in [1.807, 2.05) is 10.7 Å². The second-order valence-corrected chi connectivity index (χ2v) is 7.88. The van der Waals surface area contributed by atoms with E-state index in [0.717, 1.165) is 29.2 Å². The summed E-state index contributed by atoms with van der Waals surface area (Å²) in [4.78, 5) is 10.7. The standard InChI is InChI=1S/C25H27N5/c1-18-8-10-23(11-9-18)30-16-22(25(28-30)21-7-5-6-19(2)14-21)15-29(4)20(3)24-12-13-26-17-27-24/h5-14,16-17,20H,15H2,1-4H3/t20-/m1/s1. The monoisotopic (exact) mass is 397 g/mol. The van der Waals surface area contributed by atoms with E-state index in [4.69, 9.17) is 5.10 Å². The van der Waals surface area contributed by atoms with Crippen LogP contribution in [0.15, 0.2) is 73.3 Å². The lowest BCUT2D eigenvalue weighted by Gasteiger charge is -2.24. The fourth-order valence-electron chi connectivity index (χ4n) is 3.57. The number of aromatic nitrogens is 4. The third-order valence-electron chi connectivity index (χ3n) is 5.49. The summed E-state index contributed by atoms with van der Waals surface area (Å²) in [6.45, 7) is 7.14. The molecule has 1 atom stereocenters. The van der Waals surface area contributed by atoms with Gasteiger partial charge in [0.05, 0.1) is 17.1 Å². The van der Waals surface area contributed by atoms with E-state index >= 15 is 0 Å². The SMILES string of the molecule is Cc1ccc(-n2cc(CN(C)[C@H](C)c3ccncn3)c(-c3cccc(C)c3)n2)cc1. The molecule has 0 bridgehead atoms. The Hall–Kier alpha value is -3.31. The Labute approximate surface area is 178 Å². The molecule has 0 aliphatic carbocycles. The van der Waals surface area contributed by atoms with Gasteiger partial charge in [0.2, 0.25) is 0 Å². The first kappa shape index (κ1) is 20.0. The maximum absolute atomic E-state index is 4.97. The van der Waals surface area contributed by atoms with Crippen LogP contribution in [0.5, 0.6) is 0 Å². The molecule has 0 unspecified atom stereocenters. The minimum absolute atomic E-state index is 0.168. The van der Waals surface area contributed by atoms with Crippen molar-refractivity contribution in [2.75, 3.05) is 7.05 Å². The summed E-state index contributed by atoms with van der Waals surface area (Å²) >= 11 is 0. The summed E-state index contributed by atoms with van der Waals surface area (Å²) in [7, 11) is 2.12. The molecule has 2 aromatic carbocycles. The van der Waals surface area contributed by atoms with Gasteiger partial charge in [-0.2, -0.15) is 5.10 Å². The van der Waals surface area contributed by atoms with E-state index < -0.39 is 0 Å². The van der Waals surface area contributed by atoms with Crippen molar-refractivity contribution in [3.8, 4) is 16.9 Å². The van der Waals surface area contributed by atoms with Gasteiger partial charge in [-0.25, -0.2) is 14.6 Å². The van der Waals surface area contributed by atoms with Crippen molar-refractivity contribution in [1.29, 1.82) is 0 Å². The van der Waals surface area contributed by atoms with Gasteiger partial charge in [-0.05, 0) is 52.1 Å². The van der Waals surface area contributed by atoms with Gasteiger partial charge in [-0.15, -0.1) is 0 Å². The van der Waals surface area contributed by atoms with Crippen molar-refractivity contribution in [3.05, 3.63) is 95.7 Å². The van der Waals surface area contributed by atoms with Gasteiger partial charge in [-0.1, -0.05) is 41.5 Å². The Morgan fingerprint density at radius 3 is 2.50 bits per heavy atom. The lowest BCUT2D eigenvalue weighted by atomic mass is 10.0. The topological polar surface area (TPSA) is 46.8 Å². The van der Waals surface area contributed by atoms with E-state index in [-0.39, 0.29) is 6.04 Å². The Morgan fingerprint density at radius 2 is 1.80 bits per heavy atom. The lowest BCUT2D eigenvalue weighted by Crippen LogP contribution is -2.22. The minimum Gasteiger partial charge on any atom is -0.294 e. The van der Waals surface area contributed by atoms with Crippen LogP contribution in [-0.2, 0) is 6.54 Å². The van der Waals surface area contributed by atoms with Crippen molar-refractivity contribution in [2.45, 2.75) is 33.4 Å². The summed E-state index contributed by atoms with van der Waals surface area (Å²) in [5.74, 6) is 0. The maximum Gasteiger partial charge on any atom is 0.115 e. The van der Waals surface area contributed by atoms with E-state index in [1.54, 1.807) is 12.5 Å².